The van der Waals surface area contributed by atoms with Crippen molar-refractivity contribution in [3.05, 3.63) is 35.6 Å². The number of rotatable bonds is 2. The third-order valence-electron chi connectivity index (χ3n) is 1.69. The molecule has 0 saturated carbocycles. The molecule has 0 fully saturated rings. The standard InChI is InChI=1S/C13H11FO3/c1-9(2)17-13(16)12(15)8-5-10-3-6-11(14)7-4-10/h3-4,6-7,9H,1-2H3. The van der Waals surface area contributed by atoms with Crippen molar-refractivity contribution in [1.29, 1.82) is 0 Å². The van der Waals surface area contributed by atoms with Crippen LogP contribution in [0, 0.1) is 17.7 Å². The Morgan fingerprint density at radius 3 is 2.35 bits per heavy atom. The second-order valence-corrected chi connectivity index (χ2v) is 3.54. The monoisotopic (exact) mass is 234 g/mol. The van der Waals surface area contributed by atoms with E-state index in [4.69, 9.17) is 0 Å². The smallest absolute Gasteiger partial charge is 0.388 e. The van der Waals surface area contributed by atoms with Crippen molar-refractivity contribution in [2.45, 2.75) is 20.0 Å². The molecule has 1 aromatic carbocycles. The van der Waals surface area contributed by atoms with E-state index in [0.29, 0.717) is 5.56 Å². The number of benzene rings is 1. The highest BCUT2D eigenvalue weighted by Crippen LogP contribution is 2.00. The summed E-state index contributed by atoms with van der Waals surface area (Å²) in [4.78, 5) is 22.3. The van der Waals surface area contributed by atoms with E-state index in [1.165, 1.54) is 24.3 Å². The minimum absolute atomic E-state index is 0.362. The van der Waals surface area contributed by atoms with Crippen LogP contribution in [-0.4, -0.2) is 17.9 Å². The number of carbonyl (C=O) groups is 2. The van der Waals surface area contributed by atoms with Gasteiger partial charge in [0.1, 0.15) is 5.82 Å². The number of ether oxygens (including phenoxy) is 1. The molecule has 0 heterocycles. The van der Waals surface area contributed by atoms with E-state index in [9.17, 15) is 14.0 Å². The van der Waals surface area contributed by atoms with Crippen molar-refractivity contribution in [3.63, 3.8) is 0 Å². The van der Waals surface area contributed by atoms with Crippen molar-refractivity contribution in [3.8, 4) is 11.8 Å². The SMILES string of the molecule is CC(C)OC(=O)C(=O)C#Cc1ccc(F)cc1. The zero-order valence-electron chi connectivity index (χ0n) is 9.49. The Morgan fingerprint density at radius 2 is 1.82 bits per heavy atom. The van der Waals surface area contributed by atoms with Gasteiger partial charge < -0.3 is 4.74 Å². The first-order chi connectivity index (χ1) is 7.99. The van der Waals surface area contributed by atoms with Gasteiger partial charge in [-0.25, -0.2) is 9.18 Å². The molecule has 0 saturated heterocycles. The van der Waals surface area contributed by atoms with Gasteiger partial charge in [-0.05, 0) is 44.0 Å². The molecule has 0 aliphatic carbocycles. The first kappa shape index (κ1) is 12.9. The Kier molecular flexibility index (Phi) is 4.41. The normalized spacial score (nSPS) is 9.41. The van der Waals surface area contributed by atoms with E-state index in [1.807, 2.05) is 0 Å². The van der Waals surface area contributed by atoms with Gasteiger partial charge in [0.25, 0.3) is 0 Å². The number of esters is 1. The van der Waals surface area contributed by atoms with Crippen molar-refractivity contribution in [2.24, 2.45) is 0 Å². The summed E-state index contributed by atoms with van der Waals surface area (Å²) < 4.78 is 17.2. The molecular weight excluding hydrogens is 223 g/mol. The van der Waals surface area contributed by atoms with E-state index in [1.54, 1.807) is 13.8 Å². The molecule has 4 heteroatoms. The summed E-state index contributed by atoms with van der Waals surface area (Å²) >= 11 is 0. The molecule has 0 aliphatic rings. The van der Waals surface area contributed by atoms with Crippen molar-refractivity contribution >= 4 is 11.8 Å². The lowest BCUT2D eigenvalue weighted by Crippen LogP contribution is -2.19. The second-order valence-electron chi connectivity index (χ2n) is 3.54. The number of halogens is 1. The maximum Gasteiger partial charge on any atom is 0.388 e. The van der Waals surface area contributed by atoms with Gasteiger partial charge >= 0.3 is 11.8 Å². The summed E-state index contributed by atoms with van der Waals surface area (Å²) in [6.07, 6.45) is -0.362. The molecule has 3 nitrogen and oxygen atoms in total. The highest BCUT2D eigenvalue weighted by molar-refractivity contribution is 6.41. The van der Waals surface area contributed by atoms with Crippen LogP contribution < -0.4 is 0 Å². The fourth-order valence-electron chi connectivity index (χ4n) is 0.981. The van der Waals surface area contributed by atoms with Crippen LogP contribution in [0.3, 0.4) is 0 Å². The molecule has 0 radical (unpaired) electrons. The largest absolute Gasteiger partial charge is 0.456 e. The van der Waals surface area contributed by atoms with Gasteiger partial charge in [0.05, 0.1) is 6.10 Å². The summed E-state index contributed by atoms with van der Waals surface area (Å²) in [5.74, 6) is 2.32. The summed E-state index contributed by atoms with van der Waals surface area (Å²) in [5.41, 5.74) is 0.456. The summed E-state index contributed by atoms with van der Waals surface area (Å²) in [5, 5.41) is 0. The fraction of sp³-hybridized carbons (Fsp3) is 0.231. The van der Waals surface area contributed by atoms with Crippen molar-refractivity contribution in [2.75, 3.05) is 0 Å². The van der Waals surface area contributed by atoms with Gasteiger partial charge in [-0.3, -0.25) is 4.79 Å². The summed E-state index contributed by atoms with van der Waals surface area (Å²) in [6, 6.07) is 5.29. The van der Waals surface area contributed by atoms with Crippen LogP contribution in [-0.2, 0) is 14.3 Å². The van der Waals surface area contributed by atoms with Crippen LogP contribution in [0.5, 0.6) is 0 Å². The van der Waals surface area contributed by atoms with E-state index in [0.717, 1.165) is 0 Å². The van der Waals surface area contributed by atoms with Crippen LogP contribution in [0.4, 0.5) is 4.39 Å². The molecule has 88 valence electrons. The lowest BCUT2D eigenvalue weighted by molar-refractivity contribution is -0.154. The number of hydrogen-bond donors (Lipinski definition) is 0. The Hall–Kier alpha value is -2.15. The van der Waals surface area contributed by atoms with Crippen LogP contribution in [0.15, 0.2) is 24.3 Å². The van der Waals surface area contributed by atoms with Gasteiger partial charge in [-0.1, -0.05) is 5.92 Å². The number of carbonyl (C=O) groups excluding carboxylic acids is 2. The highest BCUT2D eigenvalue weighted by atomic mass is 19.1. The Bertz CT molecular complexity index is 478. The minimum atomic E-state index is -0.977. The van der Waals surface area contributed by atoms with E-state index < -0.39 is 11.8 Å². The van der Waals surface area contributed by atoms with Crippen molar-refractivity contribution in [1.82, 2.24) is 0 Å². The molecular formula is C13H11FO3. The third kappa shape index (κ3) is 4.47. The molecule has 17 heavy (non-hydrogen) atoms. The van der Waals surface area contributed by atoms with E-state index in [2.05, 4.69) is 16.6 Å². The Balaban J connectivity index is 2.69. The number of Topliss-reactive ketones (excluding diaryl/α,β-unsaturated/α-hetero) is 1. The van der Waals surface area contributed by atoms with Gasteiger partial charge in [0.15, 0.2) is 0 Å². The molecule has 1 aromatic rings. The van der Waals surface area contributed by atoms with E-state index >= 15 is 0 Å². The average molecular weight is 234 g/mol. The van der Waals surface area contributed by atoms with Crippen LogP contribution in [0.25, 0.3) is 0 Å². The van der Waals surface area contributed by atoms with Gasteiger partial charge in [-0.2, -0.15) is 0 Å². The molecule has 0 atom stereocenters. The average Bonchev–Trinajstić information content (AvgIpc) is 2.27. The molecule has 0 aromatic heterocycles. The first-order valence-electron chi connectivity index (χ1n) is 5.01. The molecule has 0 bridgehead atoms. The summed E-state index contributed by atoms with van der Waals surface area (Å²) in [6.45, 7) is 3.27. The van der Waals surface area contributed by atoms with Crippen LogP contribution in [0.2, 0.25) is 0 Å². The minimum Gasteiger partial charge on any atom is -0.456 e. The molecule has 0 N–H and O–H groups in total. The fourth-order valence-corrected chi connectivity index (χ4v) is 0.981. The highest BCUT2D eigenvalue weighted by Gasteiger charge is 2.13. The van der Waals surface area contributed by atoms with Crippen LogP contribution in [0.1, 0.15) is 19.4 Å². The molecule has 0 spiro atoms. The topological polar surface area (TPSA) is 43.4 Å². The van der Waals surface area contributed by atoms with Gasteiger partial charge in [0.2, 0.25) is 0 Å². The zero-order chi connectivity index (χ0) is 12.8. The Labute approximate surface area is 98.6 Å². The zero-order valence-corrected chi connectivity index (χ0v) is 9.49. The predicted octanol–water partition coefficient (Wildman–Crippen LogP) is 1.70. The maximum atomic E-state index is 12.6. The Morgan fingerprint density at radius 1 is 1.24 bits per heavy atom. The summed E-state index contributed by atoms with van der Waals surface area (Å²) in [7, 11) is 0. The van der Waals surface area contributed by atoms with Crippen LogP contribution >= 0.6 is 0 Å². The lowest BCUT2D eigenvalue weighted by Gasteiger charge is -2.03. The van der Waals surface area contributed by atoms with Gasteiger partial charge in [-0.15, -0.1) is 0 Å². The predicted molar refractivity (Wildman–Crippen MR) is 59.5 cm³/mol. The molecule has 0 unspecified atom stereocenters. The second kappa shape index (κ2) is 5.80. The van der Waals surface area contributed by atoms with E-state index in [-0.39, 0.29) is 11.9 Å². The first-order valence-corrected chi connectivity index (χ1v) is 5.01. The number of ketones is 1. The maximum absolute atomic E-state index is 12.6. The number of hydrogen-bond acceptors (Lipinski definition) is 3. The molecule has 0 aliphatic heterocycles. The van der Waals surface area contributed by atoms with Crippen molar-refractivity contribution < 1.29 is 18.7 Å². The lowest BCUT2D eigenvalue weighted by atomic mass is 10.2. The quantitative estimate of drug-likeness (QED) is 0.444. The molecule has 1 rings (SSSR count). The molecule has 0 amide bonds. The van der Waals surface area contributed by atoms with Gasteiger partial charge in [0, 0.05) is 5.56 Å². The third-order valence-corrected chi connectivity index (χ3v) is 1.69.